The van der Waals surface area contributed by atoms with E-state index in [1.165, 1.54) is 23.7 Å². The fourth-order valence-electron chi connectivity index (χ4n) is 6.19. The van der Waals surface area contributed by atoms with Gasteiger partial charge in [0, 0.05) is 0 Å². The summed E-state index contributed by atoms with van der Waals surface area (Å²) >= 11 is 0. The summed E-state index contributed by atoms with van der Waals surface area (Å²) in [6.45, 7) is 9.08. The van der Waals surface area contributed by atoms with Crippen molar-refractivity contribution < 1.29 is 0 Å². The molecule has 0 amide bonds. The van der Waals surface area contributed by atoms with Crippen LogP contribution in [-0.2, 0) is 0 Å². The lowest BCUT2D eigenvalue weighted by Gasteiger charge is -2.41. The molecule has 4 aliphatic carbocycles. The summed E-state index contributed by atoms with van der Waals surface area (Å²) in [4.78, 5) is 0. The van der Waals surface area contributed by atoms with Gasteiger partial charge in [0.05, 0.1) is 0 Å². The lowest BCUT2D eigenvalue weighted by atomic mass is 9.64. The number of hydrogen-bond donors (Lipinski definition) is 0. The largest absolute Gasteiger partial charge is 0.0776 e. The predicted octanol–water partition coefficient (Wildman–Crippen LogP) is 5.87. The first-order chi connectivity index (χ1) is 7.77. The Balaban J connectivity index is 0.000000388. The molecule has 18 heavy (non-hydrogen) atoms. The van der Waals surface area contributed by atoms with Crippen LogP contribution >= 0.6 is 0 Å². The molecule has 4 rings (SSSR count). The molecule has 0 heteroatoms. The van der Waals surface area contributed by atoms with Crippen LogP contribution in [-0.4, -0.2) is 0 Å². The van der Waals surface area contributed by atoms with Crippen molar-refractivity contribution in [2.75, 3.05) is 0 Å². The molecule has 0 aromatic carbocycles. The van der Waals surface area contributed by atoms with Crippen molar-refractivity contribution in [2.24, 2.45) is 47.3 Å². The van der Waals surface area contributed by atoms with Crippen LogP contribution in [0.5, 0.6) is 0 Å². The number of hydrogen-bond acceptors (Lipinski definition) is 0. The van der Waals surface area contributed by atoms with Gasteiger partial charge in [-0.1, -0.05) is 42.5 Å². The molecule has 0 aromatic rings. The van der Waals surface area contributed by atoms with E-state index < -0.39 is 0 Å². The van der Waals surface area contributed by atoms with Crippen LogP contribution < -0.4 is 0 Å². The summed E-state index contributed by atoms with van der Waals surface area (Å²) in [5.74, 6) is 9.16. The highest BCUT2D eigenvalue weighted by atomic mass is 14.7. The van der Waals surface area contributed by atoms with Crippen LogP contribution in [0.25, 0.3) is 0 Å². The molecule has 8 unspecified atom stereocenters. The maximum Gasteiger partial charge on any atom is -0.0321 e. The first-order valence-corrected chi connectivity index (χ1v) is 7.77. The zero-order valence-corrected chi connectivity index (χ0v) is 11.4. The first-order valence-electron chi connectivity index (χ1n) is 7.77. The second-order valence-corrected chi connectivity index (χ2v) is 6.77. The maximum absolute atomic E-state index is 2.54. The topological polar surface area (TPSA) is 0 Å². The molecule has 0 saturated heterocycles. The Bertz CT molecular complexity index is 243. The molecule has 0 spiro atoms. The number of rotatable bonds is 0. The minimum Gasteiger partial charge on any atom is -0.0776 e. The third-order valence-electron chi connectivity index (χ3n) is 6.76. The fraction of sp³-hybridized carbons (Fsp3) is 1.00. The van der Waals surface area contributed by atoms with Crippen molar-refractivity contribution in [1.82, 2.24) is 0 Å². The van der Waals surface area contributed by atoms with E-state index in [2.05, 4.69) is 13.8 Å². The van der Waals surface area contributed by atoms with E-state index in [9.17, 15) is 0 Å². The fourth-order valence-corrected chi connectivity index (χ4v) is 6.19. The summed E-state index contributed by atoms with van der Waals surface area (Å²) in [6, 6.07) is 0. The van der Waals surface area contributed by atoms with Gasteiger partial charge in [-0.25, -0.2) is 0 Å². The highest BCUT2D eigenvalue weighted by molar-refractivity contribution is 5.11. The normalized spacial score (nSPS) is 54.0. The first kappa shape index (κ1) is 16.1. The predicted molar refractivity (Wildman–Crippen MR) is 82.5 cm³/mol. The molecule has 108 valence electrons. The minimum atomic E-state index is 0. The molecule has 0 N–H and O–H groups in total. The molecular formula is C18H36. The Kier molecular flexibility index (Phi) is 4.95. The second-order valence-electron chi connectivity index (χ2n) is 6.77. The van der Waals surface area contributed by atoms with Gasteiger partial charge >= 0.3 is 0 Å². The van der Waals surface area contributed by atoms with Crippen molar-refractivity contribution in [3.63, 3.8) is 0 Å². The molecule has 4 bridgehead atoms. The summed E-state index contributed by atoms with van der Waals surface area (Å²) in [6.07, 6.45) is 6.43. The summed E-state index contributed by atoms with van der Waals surface area (Å²) in [7, 11) is 0. The van der Waals surface area contributed by atoms with Crippen LogP contribution in [0.3, 0.4) is 0 Å². The molecule has 0 radical (unpaired) electrons. The van der Waals surface area contributed by atoms with Gasteiger partial charge < -0.3 is 0 Å². The molecule has 0 heterocycles. The van der Waals surface area contributed by atoms with E-state index in [-0.39, 0.29) is 14.9 Å². The SMILES string of the molecule is C.C.CC.CC1C(C)C2CC1C1C3CCC(C3)C21. The quantitative estimate of drug-likeness (QED) is 0.473. The summed E-state index contributed by atoms with van der Waals surface area (Å²) in [5.41, 5.74) is 0. The van der Waals surface area contributed by atoms with Crippen molar-refractivity contribution in [2.45, 2.75) is 68.2 Å². The Morgan fingerprint density at radius 3 is 1.44 bits per heavy atom. The average molecular weight is 252 g/mol. The monoisotopic (exact) mass is 252 g/mol. The van der Waals surface area contributed by atoms with Gasteiger partial charge in [0.25, 0.3) is 0 Å². The Morgan fingerprint density at radius 2 is 1.06 bits per heavy atom. The summed E-state index contributed by atoms with van der Waals surface area (Å²) in [5, 5.41) is 0. The van der Waals surface area contributed by atoms with E-state index in [1.54, 1.807) is 25.7 Å². The maximum atomic E-state index is 2.54. The van der Waals surface area contributed by atoms with E-state index in [4.69, 9.17) is 0 Å². The molecule has 0 nitrogen and oxygen atoms in total. The third kappa shape index (κ3) is 1.78. The Hall–Kier alpha value is 0. The van der Waals surface area contributed by atoms with Crippen LogP contribution in [0.1, 0.15) is 68.2 Å². The lowest BCUT2D eigenvalue weighted by Crippen LogP contribution is -2.35. The van der Waals surface area contributed by atoms with Gasteiger partial charge in [-0.2, -0.15) is 0 Å². The molecule has 0 aromatic heterocycles. The van der Waals surface area contributed by atoms with Gasteiger partial charge in [0.2, 0.25) is 0 Å². The van der Waals surface area contributed by atoms with Gasteiger partial charge in [-0.15, -0.1) is 0 Å². The van der Waals surface area contributed by atoms with Crippen LogP contribution in [0.4, 0.5) is 0 Å². The smallest absolute Gasteiger partial charge is 0.0321 e. The standard InChI is InChI=1S/C14H22.C2H6.2CH4/c1-7-8(2)12-6-11(7)13-9-3-4-10(5-9)14(12)13;1-2;;/h7-14H,3-6H2,1-2H3;1-2H3;2*1H4. The van der Waals surface area contributed by atoms with Gasteiger partial charge in [0.1, 0.15) is 0 Å². The van der Waals surface area contributed by atoms with Gasteiger partial charge in [0.15, 0.2) is 0 Å². The van der Waals surface area contributed by atoms with E-state index in [1.807, 2.05) is 13.8 Å². The highest BCUT2D eigenvalue weighted by Gasteiger charge is 2.63. The van der Waals surface area contributed by atoms with E-state index >= 15 is 0 Å². The van der Waals surface area contributed by atoms with E-state index in [0.29, 0.717) is 0 Å². The highest BCUT2D eigenvalue weighted by Crippen LogP contribution is 2.70. The lowest BCUT2D eigenvalue weighted by molar-refractivity contribution is 0.0716. The van der Waals surface area contributed by atoms with Crippen molar-refractivity contribution in [3.8, 4) is 0 Å². The molecule has 4 aliphatic rings. The molecule has 4 saturated carbocycles. The second kappa shape index (κ2) is 5.55. The average Bonchev–Trinajstić information content (AvgIpc) is 3.03. The van der Waals surface area contributed by atoms with Gasteiger partial charge in [-0.05, 0) is 73.0 Å². The zero-order chi connectivity index (χ0) is 11.4. The third-order valence-corrected chi connectivity index (χ3v) is 6.76. The van der Waals surface area contributed by atoms with Crippen LogP contribution in [0.15, 0.2) is 0 Å². The van der Waals surface area contributed by atoms with Crippen molar-refractivity contribution >= 4 is 0 Å². The molecule has 4 fully saturated rings. The summed E-state index contributed by atoms with van der Waals surface area (Å²) < 4.78 is 0. The Morgan fingerprint density at radius 1 is 0.667 bits per heavy atom. The van der Waals surface area contributed by atoms with Crippen molar-refractivity contribution in [1.29, 1.82) is 0 Å². The molecule has 8 atom stereocenters. The molecule has 0 aliphatic heterocycles. The number of fused-ring (bicyclic) bond motifs is 9. The minimum absolute atomic E-state index is 0. The van der Waals surface area contributed by atoms with Crippen molar-refractivity contribution in [3.05, 3.63) is 0 Å². The van der Waals surface area contributed by atoms with Crippen LogP contribution in [0.2, 0.25) is 0 Å². The van der Waals surface area contributed by atoms with E-state index in [0.717, 1.165) is 23.7 Å². The Labute approximate surface area is 116 Å². The molecular weight excluding hydrogens is 216 g/mol. The zero-order valence-electron chi connectivity index (χ0n) is 11.4. The van der Waals surface area contributed by atoms with Gasteiger partial charge in [-0.3, -0.25) is 0 Å². The van der Waals surface area contributed by atoms with Crippen LogP contribution in [0, 0.1) is 47.3 Å².